The number of hydrogen-bond acceptors (Lipinski definition) is 3. The van der Waals surface area contributed by atoms with Gasteiger partial charge in [0.25, 0.3) is 0 Å². The zero-order chi connectivity index (χ0) is 17.3. The third-order valence-corrected chi connectivity index (χ3v) is 5.66. The molecular formula is C18H22ClNO4. The third-order valence-electron chi connectivity index (χ3n) is 5.41. The number of rotatable bonds is 5. The van der Waals surface area contributed by atoms with E-state index in [1.807, 2.05) is 12.1 Å². The van der Waals surface area contributed by atoms with Crippen molar-refractivity contribution in [2.75, 3.05) is 26.8 Å². The largest absolute Gasteiger partial charge is 0.481 e. The lowest BCUT2D eigenvalue weighted by atomic mass is 9.68. The summed E-state index contributed by atoms with van der Waals surface area (Å²) in [5.74, 6) is -1.61. The molecule has 0 radical (unpaired) electrons. The van der Waals surface area contributed by atoms with E-state index in [4.69, 9.17) is 16.3 Å². The number of amides is 1. The van der Waals surface area contributed by atoms with Gasteiger partial charge in [-0.2, -0.15) is 0 Å². The molecule has 130 valence electrons. The van der Waals surface area contributed by atoms with Gasteiger partial charge in [0.15, 0.2) is 0 Å². The highest BCUT2D eigenvalue weighted by Crippen LogP contribution is 2.45. The van der Waals surface area contributed by atoms with Gasteiger partial charge in [0.2, 0.25) is 5.91 Å². The Morgan fingerprint density at radius 1 is 1.29 bits per heavy atom. The SMILES string of the molecule is COCC1(C(=O)N2C[C@@H](C(=O)O)[C@H](c3ccc(Cl)cc3)C2)CCC1. The molecule has 0 spiro atoms. The Morgan fingerprint density at radius 3 is 2.46 bits per heavy atom. The summed E-state index contributed by atoms with van der Waals surface area (Å²) in [5, 5.41) is 10.2. The molecule has 1 saturated carbocycles. The van der Waals surface area contributed by atoms with E-state index < -0.39 is 17.3 Å². The van der Waals surface area contributed by atoms with Crippen LogP contribution in [0.25, 0.3) is 0 Å². The van der Waals surface area contributed by atoms with E-state index >= 15 is 0 Å². The summed E-state index contributed by atoms with van der Waals surface area (Å²) in [6.45, 7) is 1.10. The lowest BCUT2D eigenvalue weighted by Crippen LogP contribution is -2.50. The van der Waals surface area contributed by atoms with Crippen molar-refractivity contribution >= 4 is 23.5 Å². The standard InChI is InChI=1S/C18H22ClNO4/c1-24-11-18(7-2-8-18)17(23)20-9-14(15(10-20)16(21)22)12-3-5-13(19)6-4-12/h3-6,14-15H,2,7-11H2,1H3,(H,21,22)/t14-,15+/m0/s1. The number of carbonyl (C=O) groups is 2. The second-order valence-electron chi connectivity index (χ2n) is 6.88. The van der Waals surface area contributed by atoms with E-state index in [9.17, 15) is 14.7 Å². The molecular weight excluding hydrogens is 330 g/mol. The molecule has 1 aromatic rings. The Labute approximate surface area is 146 Å². The Hall–Kier alpha value is -1.59. The predicted molar refractivity (Wildman–Crippen MR) is 90.1 cm³/mol. The van der Waals surface area contributed by atoms with E-state index in [1.54, 1.807) is 24.1 Å². The highest BCUT2D eigenvalue weighted by Gasteiger charge is 2.50. The van der Waals surface area contributed by atoms with Crippen molar-refractivity contribution in [2.45, 2.75) is 25.2 Å². The monoisotopic (exact) mass is 351 g/mol. The van der Waals surface area contributed by atoms with E-state index in [2.05, 4.69) is 0 Å². The molecule has 2 atom stereocenters. The molecule has 1 aliphatic carbocycles. The third kappa shape index (κ3) is 3.03. The van der Waals surface area contributed by atoms with E-state index in [0.29, 0.717) is 18.2 Å². The second kappa shape index (κ2) is 6.73. The molecule has 1 aromatic carbocycles. The minimum atomic E-state index is -0.861. The first-order valence-electron chi connectivity index (χ1n) is 8.23. The quantitative estimate of drug-likeness (QED) is 0.885. The first-order chi connectivity index (χ1) is 11.5. The molecule has 5 nitrogen and oxygen atoms in total. The lowest BCUT2D eigenvalue weighted by molar-refractivity contribution is -0.151. The van der Waals surface area contributed by atoms with Gasteiger partial charge in [0.1, 0.15) is 0 Å². The summed E-state index contributed by atoms with van der Waals surface area (Å²) in [7, 11) is 1.61. The second-order valence-corrected chi connectivity index (χ2v) is 7.32. The zero-order valence-corrected chi connectivity index (χ0v) is 14.5. The van der Waals surface area contributed by atoms with Crippen LogP contribution in [0.1, 0.15) is 30.7 Å². The first kappa shape index (κ1) is 17.2. The number of halogens is 1. The summed E-state index contributed by atoms with van der Waals surface area (Å²) in [5.41, 5.74) is 0.462. The van der Waals surface area contributed by atoms with Gasteiger partial charge in [0.05, 0.1) is 17.9 Å². The Balaban J connectivity index is 1.81. The molecule has 3 rings (SSSR count). The van der Waals surface area contributed by atoms with Crippen LogP contribution in [0.5, 0.6) is 0 Å². The molecule has 1 saturated heterocycles. The number of carboxylic acid groups (broad SMARTS) is 1. The van der Waals surface area contributed by atoms with Crippen molar-refractivity contribution in [1.29, 1.82) is 0 Å². The maximum Gasteiger partial charge on any atom is 0.308 e. The average Bonchev–Trinajstić information content (AvgIpc) is 2.96. The summed E-state index contributed by atoms with van der Waals surface area (Å²) < 4.78 is 5.25. The van der Waals surface area contributed by atoms with Gasteiger partial charge in [-0.15, -0.1) is 0 Å². The van der Waals surface area contributed by atoms with Crippen molar-refractivity contribution in [3.8, 4) is 0 Å². The number of likely N-dealkylation sites (tertiary alicyclic amines) is 1. The molecule has 24 heavy (non-hydrogen) atoms. The predicted octanol–water partition coefficient (Wildman–Crippen LogP) is 2.78. The minimum Gasteiger partial charge on any atom is -0.481 e. The van der Waals surface area contributed by atoms with Crippen molar-refractivity contribution in [2.24, 2.45) is 11.3 Å². The number of carboxylic acids is 1. The number of methoxy groups -OCH3 is 1. The number of ether oxygens (including phenoxy) is 1. The van der Waals surface area contributed by atoms with Crippen LogP contribution < -0.4 is 0 Å². The smallest absolute Gasteiger partial charge is 0.308 e. The molecule has 2 aliphatic rings. The van der Waals surface area contributed by atoms with Crippen molar-refractivity contribution in [3.05, 3.63) is 34.9 Å². The van der Waals surface area contributed by atoms with Crippen molar-refractivity contribution in [1.82, 2.24) is 4.90 Å². The molecule has 0 unspecified atom stereocenters. The van der Waals surface area contributed by atoms with Gasteiger partial charge in [-0.1, -0.05) is 30.2 Å². The summed E-state index contributed by atoms with van der Waals surface area (Å²) in [6, 6.07) is 7.23. The van der Waals surface area contributed by atoms with Crippen LogP contribution in [0.2, 0.25) is 5.02 Å². The molecule has 2 fully saturated rings. The molecule has 1 amide bonds. The fourth-order valence-electron chi connectivity index (χ4n) is 3.90. The number of nitrogens with zero attached hydrogens (tertiary/aromatic N) is 1. The first-order valence-corrected chi connectivity index (χ1v) is 8.61. The highest BCUT2D eigenvalue weighted by atomic mass is 35.5. The van der Waals surface area contributed by atoms with E-state index in [0.717, 1.165) is 24.8 Å². The van der Waals surface area contributed by atoms with Gasteiger partial charge in [-0.05, 0) is 30.5 Å². The fraction of sp³-hybridized carbons (Fsp3) is 0.556. The number of benzene rings is 1. The van der Waals surface area contributed by atoms with E-state index in [1.165, 1.54) is 0 Å². The van der Waals surface area contributed by atoms with Crippen LogP contribution in [0, 0.1) is 11.3 Å². The Kier molecular flexibility index (Phi) is 4.83. The number of aliphatic carboxylic acids is 1. The number of hydrogen-bond donors (Lipinski definition) is 1. The van der Waals surface area contributed by atoms with Crippen LogP contribution in [0.3, 0.4) is 0 Å². The molecule has 6 heteroatoms. The van der Waals surface area contributed by atoms with Crippen LogP contribution in [-0.2, 0) is 14.3 Å². The van der Waals surface area contributed by atoms with Crippen molar-refractivity contribution in [3.63, 3.8) is 0 Å². The Bertz CT molecular complexity index is 626. The van der Waals surface area contributed by atoms with Gasteiger partial charge < -0.3 is 14.7 Å². The zero-order valence-electron chi connectivity index (χ0n) is 13.7. The molecule has 1 heterocycles. The lowest BCUT2D eigenvalue weighted by Gasteiger charge is -2.42. The van der Waals surface area contributed by atoms with Crippen molar-refractivity contribution < 1.29 is 19.4 Å². The molecule has 1 aliphatic heterocycles. The van der Waals surface area contributed by atoms with Crippen LogP contribution in [-0.4, -0.2) is 48.7 Å². The maximum atomic E-state index is 13.0. The van der Waals surface area contributed by atoms with Gasteiger partial charge >= 0.3 is 5.97 Å². The van der Waals surface area contributed by atoms with Gasteiger partial charge in [-0.3, -0.25) is 9.59 Å². The van der Waals surface area contributed by atoms with Crippen LogP contribution in [0.4, 0.5) is 0 Å². The van der Waals surface area contributed by atoms with Crippen LogP contribution in [0.15, 0.2) is 24.3 Å². The maximum absolute atomic E-state index is 13.0. The summed E-state index contributed by atoms with van der Waals surface area (Å²) >= 11 is 5.92. The Morgan fingerprint density at radius 2 is 1.96 bits per heavy atom. The molecule has 0 aromatic heterocycles. The fourth-order valence-corrected chi connectivity index (χ4v) is 4.03. The molecule has 1 N–H and O–H groups in total. The molecule has 0 bridgehead atoms. The van der Waals surface area contributed by atoms with Crippen LogP contribution >= 0.6 is 11.6 Å². The summed E-state index contributed by atoms with van der Waals surface area (Å²) in [4.78, 5) is 26.4. The minimum absolute atomic E-state index is 0.0401. The van der Waals surface area contributed by atoms with E-state index in [-0.39, 0.29) is 18.4 Å². The topological polar surface area (TPSA) is 66.8 Å². The van der Waals surface area contributed by atoms with Gasteiger partial charge in [0, 0.05) is 31.1 Å². The highest BCUT2D eigenvalue weighted by molar-refractivity contribution is 6.30. The van der Waals surface area contributed by atoms with Gasteiger partial charge in [-0.25, -0.2) is 0 Å². The normalized spacial score (nSPS) is 25.3. The number of carbonyl (C=O) groups excluding carboxylic acids is 1. The summed E-state index contributed by atoms with van der Waals surface area (Å²) in [6.07, 6.45) is 2.66. The average molecular weight is 352 g/mol.